The minimum atomic E-state index is -0.648. The van der Waals surface area contributed by atoms with E-state index in [1.807, 2.05) is 19.1 Å². The van der Waals surface area contributed by atoms with Gasteiger partial charge < -0.3 is 14.8 Å². The van der Waals surface area contributed by atoms with E-state index in [0.29, 0.717) is 16.5 Å². The van der Waals surface area contributed by atoms with Gasteiger partial charge in [0, 0.05) is 0 Å². The standard InChI is InChI=1S/C17H15Cl2NO4/c1-11-5-2-3-8-14(11)23-10-16(22)24-9-15(21)20-13-7-4-6-12(18)17(13)19/h2-8H,9-10H2,1H3,(H,20,21). The van der Waals surface area contributed by atoms with Crippen molar-refractivity contribution in [3.05, 3.63) is 58.1 Å². The average Bonchev–Trinajstić information content (AvgIpc) is 2.56. The third kappa shape index (κ3) is 5.15. The number of amides is 1. The van der Waals surface area contributed by atoms with Crippen molar-refractivity contribution in [3.8, 4) is 5.75 Å². The van der Waals surface area contributed by atoms with Gasteiger partial charge in [-0.1, -0.05) is 47.5 Å². The number of carbonyl (C=O) groups excluding carboxylic acids is 2. The van der Waals surface area contributed by atoms with E-state index < -0.39 is 18.5 Å². The first-order valence-electron chi connectivity index (χ1n) is 7.05. The molecule has 2 aromatic rings. The molecule has 7 heteroatoms. The summed E-state index contributed by atoms with van der Waals surface area (Å²) in [5, 5.41) is 3.06. The molecule has 0 unspecified atom stereocenters. The Labute approximate surface area is 149 Å². The second kappa shape index (κ2) is 8.57. The molecule has 0 bridgehead atoms. The van der Waals surface area contributed by atoms with Crippen molar-refractivity contribution in [2.45, 2.75) is 6.92 Å². The molecular weight excluding hydrogens is 353 g/mol. The van der Waals surface area contributed by atoms with Gasteiger partial charge in [0.15, 0.2) is 13.2 Å². The van der Waals surface area contributed by atoms with Crippen LogP contribution in [-0.2, 0) is 14.3 Å². The van der Waals surface area contributed by atoms with Crippen LogP contribution in [0, 0.1) is 6.92 Å². The van der Waals surface area contributed by atoms with Crippen LogP contribution in [0.2, 0.25) is 10.0 Å². The number of para-hydroxylation sites is 1. The lowest BCUT2D eigenvalue weighted by Gasteiger charge is -2.10. The Hall–Kier alpha value is -2.24. The van der Waals surface area contributed by atoms with E-state index in [4.69, 9.17) is 32.7 Å². The smallest absolute Gasteiger partial charge is 0.344 e. The molecule has 126 valence electrons. The van der Waals surface area contributed by atoms with E-state index in [2.05, 4.69) is 5.32 Å². The van der Waals surface area contributed by atoms with Crippen LogP contribution < -0.4 is 10.1 Å². The molecule has 0 aliphatic rings. The zero-order chi connectivity index (χ0) is 17.5. The van der Waals surface area contributed by atoms with E-state index in [-0.39, 0.29) is 11.6 Å². The van der Waals surface area contributed by atoms with E-state index >= 15 is 0 Å². The van der Waals surface area contributed by atoms with Gasteiger partial charge in [-0.2, -0.15) is 0 Å². The Morgan fingerprint density at radius 1 is 1.04 bits per heavy atom. The molecule has 0 aromatic heterocycles. The fraction of sp³-hybridized carbons (Fsp3) is 0.176. The van der Waals surface area contributed by atoms with Crippen LogP contribution in [0.5, 0.6) is 5.75 Å². The normalized spacial score (nSPS) is 10.1. The molecule has 0 spiro atoms. The first-order chi connectivity index (χ1) is 11.5. The molecule has 5 nitrogen and oxygen atoms in total. The van der Waals surface area contributed by atoms with Crippen LogP contribution in [0.15, 0.2) is 42.5 Å². The third-order valence-corrected chi connectivity index (χ3v) is 3.85. The summed E-state index contributed by atoms with van der Waals surface area (Å²) in [5.74, 6) is -0.585. The summed E-state index contributed by atoms with van der Waals surface area (Å²) < 4.78 is 10.2. The molecule has 2 rings (SSSR count). The molecule has 1 amide bonds. The van der Waals surface area contributed by atoms with Crippen LogP contribution in [0.25, 0.3) is 0 Å². The van der Waals surface area contributed by atoms with Crippen LogP contribution in [0.4, 0.5) is 5.69 Å². The van der Waals surface area contributed by atoms with Crippen molar-refractivity contribution in [1.29, 1.82) is 0 Å². The lowest BCUT2D eigenvalue weighted by atomic mass is 10.2. The first kappa shape index (κ1) is 18.1. The molecule has 0 atom stereocenters. The van der Waals surface area contributed by atoms with E-state index in [1.165, 1.54) is 0 Å². The molecule has 2 aromatic carbocycles. The number of halogens is 2. The zero-order valence-electron chi connectivity index (χ0n) is 12.8. The fourth-order valence-electron chi connectivity index (χ4n) is 1.83. The van der Waals surface area contributed by atoms with Gasteiger partial charge in [-0.25, -0.2) is 4.79 Å². The third-order valence-electron chi connectivity index (χ3n) is 3.03. The number of esters is 1. The van der Waals surface area contributed by atoms with Gasteiger partial charge in [-0.15, -0.1) is 0 Å². The molecule has 0 aliphatic heterocycles. The molecule has 0 fully saturated rings. The van der Waals surface area contributed by atoms with Crippen molar-refractivity contribution in [3.63, 3.8) is 0 Å². The number of hydrogen-bond acceptors (Lipinski definition) is 4. The van der Waals surface area contributed by atoms with E-state index in [1.54, 1.807) is 30.3 Å². The van der Waals surface area contributed by atoms with Gasteiger partial charge in [-0.3, -0.25) is 4.79 Å². The number of anilines is 1. The molecule has 0 heterocycles. The summed E-state index contributed by atoms with van der Waals surface area (Å²) in [7, 11) is 0. The SMILES string of the molecule is Cc1ccccc1OCC(=O)OCC(=O)Nc1cccc(Cl)c1Cl. The topological polar surface area (TPSA) is 64.6 Å². The van der Waals surface area contributed by atoms with Gasteiger partial charge in [0.25, 0.3) is 5.91 Å². The number of nitrogens with one attached hydrogen (secondary N) is 1. The highest BCUT2D eigenvalue weighted by Gasteiger charge is 2.11. The Kier molecular flexibility index (Phi) is 6.46. The maximum absolute atomic E-state index is 11.8. The highest BCUT2D eigenvalue weighted by Crippen LogP contribution is 2.29. The quantitative estimate of drug-likeness (QED) is 0.787. The van der Waals surface area contributed by atoms with E-state index in [0.717, 1.165) is 5.56 Å². The van der Waals surface area contributed by atoms with Gasteiger partial charge >= 0.3 is 5.97 Å². The lowest BCUT2D eigenvalue weighted by Crippen LogP contribution is -2.23. The predicted octanol–water partition coefficient (Wildman–Crippen LogP) is 3.86. The first-order valence-corrected chi connectivity index (χ1v) is 7.81. The van der Waals surface area contributed by atoms with Crippen molar-refractivity contribution >= 4 is 40.8 Å². The number of ether oxygens (including phenoxy) is 2. The molecule has 0 saturated heterocycles. The Bertz CT molecular complexity index is 749. The summed E-state index contributed by atoms with van der Waals surface area (Å²) in [6, 6.07) is 12.1. The monoisotopic (exact) mass is 367 g/mol. The molecule has 0 aliphatic carbocycles. The largest absolute Gasteiger partial charge is 0.482 e. The van der Waals surface area contributed by atoms with Crippen LogP contribution in [0.3, 0.4) is 0 Å². The number of carbonyl (C=O) groups is 2. The van der Waals surface area contributed by atoms with Crippen LogP contribution in [0.1, 0.15) is 5.56 Å². The van der Waals surface area contributed by atoms with Crippen molar-refractivity contribution in [1.82, 2.24) is 0 Å². The summed E-state index contributed by atoms with van der Waals surface area (Å²) in [6.07, 6.45) is 0. The van der Waals surface area contributed by atoms with Gasteiger partial charge in [-0.05, 0) is 30.7 Å². The Morgan fingerprint density at radius 2 is 1.79 bits per heavy atom. The van der Waals surface area contributed by atoms with Crippen molar-refractivity contribution in [2.75, 3.05) is 18.5 Å². The molecule has 0 saturated carbocycles. The number of hydrogen-bond donors (Lipinski definition) is 1. The van der Waals surface area contributed by atoms with Gasteiger partial charge in [0.2, 0.25) is 0 Å². The fourth-order valence-corrected chi connectivity index (χ4v) is 2.18. The van der Waals surface area contributed by atoms with Crippen LogP contribution in [-0.4, -0.2) is 25.1 Å². The molecule has 0 radical (unpaired) electrons. The number of rotatable bonds is 6. The maximum atomic E-state index is 11.8. The Morgan fingerprint density at radius 3 is 2.54 bits per heavy atom. The number of benzene rings is 2. The van der Waals surface area contributed by atoms with Gasteiger partial charge in [0.1, 0.15) is 5.75 Å². The summed E-state index contributed by atoms with van der Waals surface area (Å²) in [6.45, 7) is 1.14. The maximum Gasteiger partial charge on any atom is 0.344 e. The number of aryl methyl sites for hydroxylation is 1. The lowest BCUT2D eigenvalue weighted by molar-refractivity contribution is -0.149. The van der Waals surface area contributed by atoms with Gasteiger partial charge in [0.05, 0.1) is 15.7 Å². The highest BCUT2D eigenvalue weighted by molar-refractivity contribution is 6.43. The highest BCUT2D eigenvalue weighted by atomic mass is 35.5. The second-order valence-corrected chi connectivity index (χ2v) is 5.65. The van der Waals surface area contributed by atoms with E-state index in [9.17, 15) is 9.59 Å². The predicted molar refractivity (Wildman–Crippen MR) is 92.7 cm³/mol. The molecule has 1 N–H and O–H groups in total. The summed E-state index contributed by atoms with van der Waals surface area (Å²) in [5.41, 5.74) is 1.25. The summed E-state index contributed by atoms with van der Waals surface area (Å²) >= 11 is 11.8. The van der Waals surface area contributed by atoms with Crippen molar-refractivity contribution < 1.29 is 19.1 Å². The zero-order valence-corrected chi connectivity index (χ0v) is 14.4. The molecule has 24 heavy (non-hydrogen) atoms. The minimum Gasteiger partial charge on any atom is -0.482 e. The second-order valence-electron chi connectivity index (χ2n) is 4.86. The van der Waals surface area contributed by atoms with Crippen molar-refractivity contribution in [2.24, 2.45) is 0 Å². The molecular formula is C17H15Cl2NO4. The minimum absolute atomic E-state index is 0.224. The van der Waals surface area contributed by atoms with Crippen LogP contribution >= 0.6 is 23.2 Å². The summed E-state index contributed by atoms with van der Waals surface area (Å²) in [4.78, 5) is 23.4. The average molecular weight is 368 g/mol. The Balaban J connectivity index is 1.78.